The SMILES string of the molecule is Cc1cc(C)c2ncc(C#N)c(NCCCc3c(C)noc3C)c2c1. The molecule has 3 aromatic rings. The van der Waals surface area contributed by atoms with Crippen LogP contribution >= 0.6 is 0 Å². The second-order valence-electron chi connectivity index (χ2n) is 6.47. The van der Waals surface area contributed by atoms with Gasteiger partial charge in [-0.25, -0.2) is 0 Å². The third-order valence-corrected chi connectivity index (χ3v) is 4.51. The van der Waals surface area contributed by atoms with Crippen LogP contribution < -0.4 is 5.32 Å². The average molecular weight is 334 g/mol. The molecule has 0 saturated carbocycles. The van der Waals surface area contributed by atoms with E-state index in [0.29, 0.717) is 5.56 Å². The number of hydrogen-bond donors (Lipinski definition) is 1. The van der Waals surface area contributed by atoms with Crippen molar-refractivity contribution >= 4 is 16.6 Å². The normalized spacial score (nSPS) is 10.8. The summed E-state index contributed by atoms with van der Waals surface area (Å²) in [4.78, 5) is 4.46. The fraction of sp³-hybridized carbons (Fsp3) is 0.350. The zero-order chi connectivity index (χ0) is 18.0. The summed E-state index contributed by atoms with van der Waals surface area (Å²) in [6, 6.07) is 6.45. The van der Waals surface area contributed by atoms with Crippen LogP contribution in [0.2, 0.25) is 0 Å². The monoisotopic (exact) mass is 334 g/mol. The van der Waals surface area contributed by atoms with Crippen molar-refractivity contribution in [2.45, 2.75) is 40.5 Å². The maximum absolute atomic E-state index is 9.45. The highest BCUT2D eigenvalue weighted by molar-refractivity contribution is 5.96. The predicted octanol–water partition coefficient (Wildman–Crippen LogP) is 4.37. The van der Waals surface area contributed by atoms with Crippen molar-refractivity contribution in [2.75, 3.05) is 11.9 Å². The van der Waals surface area contributed by atoms with Crippen LogP contribution in [0.15, 0.2) is 22.9 Å². The first-order valence-corrected chi connectivity index (χ1v) is 8.47. The molecule has 0 bridgehead atoms. The topological polar surface area (TPSA) is 74.7 Å². The molecule has 0 spiro atoms. The Morgan fingerprint density at radius 2 is 2.00 bits per heavy atom. The van der Waals surface area contributed by atoms with Crippen molar-refractivity contribution in [2.24, 2.45) is 0 Å². The first kappa shape index (κ1) is 17.0. The summed E-state index contributed by atoms with van der Waals surface area (Å²) in [7, 11) is 0. The number of nitriles is 1. The quantitative estimate of drug-likeness (QED) is 0.701. The molecular formula is C20H22N4O. The van der Waals surface area contributed by atoms with E-state index in [2.05, 4.69) is 47.5 Å². The lowest BCUT2D eigenvalue weighted by atomic mass is 10.0. The molecule has 25 heavy (non-hydrogen) atoms. The molecule has 0 saturated heterocycles. The van der Waals surface area contributed by atoms with Crippen LogP contribution in [0, 0.1) is 39.0 Å². The minimum Gasteiger partial charge on any atom is -0.383 e. The van der Waals surface area contributed by atoms with Gasteiger partial charge in [-0.15, -0.1) is 0 Å². The lowest BCUT2D eigenvalue weighted by Gasteiger charge is -2.13. The Hall–Kier alpha value is -2.87. The summed E-state index contributed by atoms with van der Waals surface area (Å²) in [6.07, 6.45) is 3.49. The van der Waals surface area contributed by atoms with Crippen LogP contribution in [-0.4, -0.2) is 16.7 Å². The minimum atomic E-state index is 0.579. The number of aryl methyl sites for hydroxylation is 4. The van der Waals surface area contributed by atoms with Crippen LogP contribution in [0.1, 0.15) is 40.1 Å². The molecule has 0 fully saturated rings. The van der Waals surface area contributed by atoms with E-state index < -0.39 is 0 Å². The lowest BCUT2D eigenvalue weighted by Crippen LogP contribution is -2.06. The molecule has 5 nitrogen and oxygen atoms in total. The molecule has 2 heterocycles. The first-order valence-electron chi connectivity index (χ1n) is 8.47. The van der Waals surface area contributed by atoms with E-state index >= 15 is 0 Å². The van der Waals surface area contributed by atoms with Gasteiger partial charge in [-0.2, -0.15) is 5.26 Å². The summed E-state index contributed by atoms with van der Waals surface area (Å²) < 4.78 is 5.21. The molecule has 0 aliphatic carbocycles. The number of nitrogens with one attached hydrogen (secondary N) is 1. The van der Waals surface area contributed by atoms with Crippen LogP contribution in [0.4, 0.5) is 5.69 Å². The summed E-state index contributed by atoms with van der Waals surface area (Å²) in [6.45, 7) is 8.79. The predicted molar refractivity (Wildman–Crippen MR) is 98.7 cm³/mol. The molecule has 2 aromatic heterocycles. The number of hydrogen-bond acceptors (Lipinski definition) is 5. The number of nitrogens with zero attached hydrogens (tertiary/aromatic N) is 3. The number of benzene rings is 1. The number of rotatable bonds is 5. The molecule has 0 amide bonds. The van der Waals surface area contributed by atoms with E-state index in [1.807, 2.05) is 13.8 Å². The lowest BCUT2D eigenvalue weighted by molar-refractivity contribution is 0.392. The average Bonchev–Trinajstić information content (AvgIpc) is 2.90. The second-order valence-corrected chi connectivity index (χ2v) is 6.47. The van der Waals surface area contributed by atoms with Crippen LogP contribution in [0.25, 0.3) is 10.9 Å². The zero-order valence-corrected chi connectivity index (χ0v) is 15.1. The maximum atomic E-state index is 9.45. The highest BCUT2D eigenvalue weighted by Crippen LogP contribution is 2.29. The highest BCUT2D eigenvalue weighted by Gasteiger charge is 2.12. The third kappa shape index (κ3) is 3.34. The van der Waals surface area contributed by atoms with Gasteiger partial charge in [0.25, 0.3) is 0 Å². The molecule has 0 aliphatic heterocycles. The van der Waals surface area contributed by atoms with Gasteiger partial charge in [0.2, 0.25) is 0 Å². The van der Waals surface area contributed by atoms with Gasteiger partial charge in [0.15, 0.2) is 0 Å². The van der Waals surface area contributed by atoms with E-state index in [1.54, 1.807) is 6.20 Å². The van der Waals surface area contributed by atoms with Crippen molar-refractivity contribution in [1.29, 1.82) is 5.26 Å². The highest BCUT2D eigenvalue weighted by atomic mass is 16.5. The van der Waals surface area contributed by atoms with E-state index in [9.17, 15) is 5.26 Å². The standard InChI is InChI=1S/C20H22N4O/c1-12-8-13(2)19-18(9-12)20(16(10-21)11-23-19)22-7-5-6-17-14(3)24-25-15(17)4/h8-9,11H,5-7H2,1-4H3,(H,22,23). The van der Waals surface area contributed by atoms with E-state index in [-0.39, 0.29) is 0 Å². The number of pyridine rings is 1. The van der Waals surface area contributed by atoms with Crippen molar-refractivity contribution in [1.82, 2.24) is 10.1 Å². The van der Waals surface area contributed by atoms with Crippen LogP contribution in [-0.2, 0) is 6.42 Å². The molecule has 0 radical (unpaired) electrons. The Balaban J connectivity index is 1.82. The Bertz CT molecular complexity index is 946. The fourth-order valence-corrected chi connectivity index (χ4v) is 3.27. The zero-order valence-electron chi connectivity index (χ0n) is 15.1. The molecule has 0 unspecified atom stereocenters. The maximum Gasteiger partial charge on any atom is 0.137 e. The minimum absolute atomic E-state index is 0.579. The van der Waals surface area contributed by atoms with Crippen molar-refractivity contribution in [3.8, 4) is 6.07 Å². The van der Waals surface area contributed by atoms with Gasteiger partial charge in [-0.05, 0) is 52.2 Å². The van der Waals surface area contributed by atoms with Gasteiger partial charge in [0, 0.05) is 23.7 Å². The Morgan fingerprint density at radius 1 is 1.20 bits per heavy atom. The third-order valence-electron chi connectivity index (χ3n) is 4.51. The summed E-state index contributed by atoms with van der Waals surface area (Å²) in [5.41, 5.74) is 6.81. The molecule has 5 heteroatoms. The van der Waals surface area contributed by atoms with Gasteiger partial charge < -0.3 is 9.84 Å². The van der Waals surface area contributed by atoms with Crippen molar-refractivity contribution in [3.63, 3.8) is 0 Å². The smallest absolute Gasteiger partial charge is 0.137 e. The van der Waals surface area contributed by atoms with E-state index in [0.717, 1.165) is 53.0 Å². The van der Waals surface area contributed by atoms with Gasteiger partial charge in [-0.1, -0.05) is 16.8 Å². The summed E-state index contributed by atoms with van der Waals surface area (Å²) in [5, 5.41) is 17.9. The van der Waals surface area contributed by atoms with E-state index in [4.69, 9.17) is 4.52 Å². The van der Waals surface area contributed by atoms with E-state index in [1.165, 1.54) is 11.1 Å². The second kappa shape index (κ2) is 6.94. The first-order chi connectivity index (χ1) is 12.0. The molecule has 0 atom stereocenters. The van der Waals surface area contributed by atoms with Gasteiger partial charge in [-0.3, -0.25) is 4.98 Å². The van der Waals surface area contributed by atoms with Gasteiger partial charge in [0.05, 0.1) is 22.5 Å². The molecular weight excluding hydrogens is 312 g/mol. The van der Waals surface area contributed by atoms with Crippen LogP contribution in [0.3, 0.4) is 0 Å². The van der Waals surface area contributed by atoms with Crippen molar-refractivity contribution < 1.29 is 4.52 Å². The number of fused-ring (bicyclic) bond motifs is 1. The Morgan fingerprint density at radius 3 is 2.68 bits per heavy atom. The number of anilines is 1. The molecule has 0 aliphatic rings. The fourth-order valence-electron chi connectivity index (χ4n) is 3.27. The molecule has 3 rings (SSSR count). The molecule has 128 valence electrons. The van der Waals surface area contributed by atoms with Crippen LogP contribution in [0.5, 0.6) is 0 Å². The largest absolute Gasteiger partial charge is 0.383 e. The van der Waals surface area contributed by atoms with Gasteiger partial charge in [0.1, 0.15) is 11.8 Å². The summed E-state index contributed by atoms with van der Waals surface area (Å²) in [5.74, 6) is 0.885. The van der Waals surface area contributed by atoms with Gasteiger partial charge >= 0.3 is 0 Å². The van der Waals surface area contributed by atoms with Crippen molar-refractivity contribution in [3.05, 3.63) is 52.0 Å². The molecule has 1 N–H and O–H groups in total. The Kier molecular flexibility index (Phi) is 4.71. The Labute approximate surface area is 147 Å². The molecule has 1 aromatic carbocycles. The summed E-state index contributed by atoms with van der Waals surface area (Å²) >= 11 is 0. The number of aromatic nitrogens is 2.